The van der Waals surface area contributed by atoms with Crippen molar-refractivity contribution in [3.05, 3.63) is 56.2 Å². The first kappa shape index (κ1) is 14.9. The van der Waals surface area contributed by atoms with Crippen molar-refractivity contribution in [2.45, 2.75) is 25.8 Å². The Hall–Kier alpha value is -0.540. The first-order valence-electron chi connectivity index (χ1n) is 6.42. The Morgan fingerprint density at radius 1 is 1.11 bits per heavy atom. The van der Waals surface area contributed by atoms with E-state index in [-0.39, 0.29) is 0 Å². The van der Waals surface area contributed by atoms with Gasteiger partial charge in [0.2, 0.25) is 0 Å². The highest BCUT2D eigenvalue weighted by molar-refractivity contribution is 7.16. The molecule has 0 saturated heterocycles. The number of thiophene rings is 1. The summed E-state index contributed by atoms with van der Waals surface area (Å²) in [6.07, 6.45) is 2.08. The summed E-state index contributed by atoms with van der Waals surface area (Å²) in [6.45, 7) is 3.15. The molecule has 0 bridgehead atoms. The van der Waals surface area contributed by atoms with E-state index in [2.05, 4.69) is 30.4 Å². The quantitative estimate of drug-likeness (QED) is 0.759. The predicted octanol–water partition coefficient (Wildman–Crippen LogP) is 5.34. The molecule has 1 unspecified atom stereocenters. The molecule has 0 saturated carbocycles. The lowest BCUT2D eigenvalue weighted by Crippen LogP contribution is -2.22. The van der Waals surface area contributed by atoms with Crippen molar-refractivity contribution < 1.29 is 0 Å². The summed E-state index contributed by atoms with van der Waals surface area (Å²) in [4.78, 5) is 1.32. The molecule has 4 heteroatoms. The molecule has 0 aliphatic rings. The second-order valence-corrected chi connectivity index (χ2v) is 6.66. The smallest absolute Gasteiger partial charge is 0.0931 e. The van der Waals surface area contributed by atoms with Gasteiger partial charge in [0, 0.05) is 22.5 Å². The molecule has 19 heavy (non-hydrogen) atoms. The maximum Gasteiger partial charge on any atom is 0.0931 e. The molecule has 102 valence electrons. The van der Waals surface area contributed by atoms with E-state index in [4.69, 9.17) is 23.2 Å². The molecule has 1 atom stereocenters. The minimum Gasteiger partial charge on any atom is -0.310 e. The van der Waals surface area contributed by atoms with Crippen LogP contribution in [0.1, 0.15) is 29.8 Å². The number of hydrogen-bond acceptors (Lipinski definition) is 2. The van der Waals surface area contributed by atoms with Gasteiger partial charge in [-0.1, -0.05) is 42.3 Å². The first-order valence-corrected chi connectivity index (χ1v) is 7.99. The maximum absolute atomic E-state index is 5.93. The monoisotopic (exact) mass is 313 g/mol. The Kier molecular flexibility index (Phi) is 5.71. The van der Waals surface area contributed by atoms with E-state index in [0.29, 0.717) is 6.04 Å². The van der Waals surface area contributed by atoms with Crippen LogP contribution in [-0.4, -0.2) is 6.54 Å². The predicted molar refractivity (Wildman–Crippen MR) is 85.5 cm³/mol. The van der Waals surface area contributed by atoms with E-state index in [1.807, 2.05) is 18.2 Å². The van der Waals surface area contributed by atoms with Crippen molar-refractivity contribution in [3.8, 4) is 0 Å². The van der Waals surface area contributed by atoms with Crippen LogP contribution < -0.4 is 5.32 Å². The Bertz CT molecular complexity index is 507. The summed E-state index contributed by atoms with van der Waals surface area (Å²) in [5, 5.41) is 4.37. The normalized spacial score (nSPS) is 12.6. The second-order valence-electron chi connectivity index (χ2n) is 4.42. The zero-order valence-corrected chi connectivity index (χ0v) is 13.2. The molecule has 0 radical (unpaired) electrons. The van der Waals surface area contributed by atoms with Crippen LogP contribution in [0.5, 0.6) is 0 Å². The summed E-state index contributed by atoms with van der Waals surface area (Å²) in [5.41, 5.74) is 1.29. The van der Waals surface area contributed by atoms with Crippen LogP contribution in [0.3, 0.4) is 0 Å². The first-order chi connectivity index (χ1) is 9.19. The van der Waals surface area contributed by atoms with Gasteiger partial charge in [0.1, 0.15) is 0 Å². The molecule has 0 aliphatic heterocycles. The van der Waals surface area contributed by atoms with Crippen molar-refractivity contribution in [2.24, 2.45) is 0 Å². The molecule has 0 fully saturated rings. The number of hydrogen-bond donors (Lipinski definition) is 1. The molecule has 2 rings (SSSR count). The van der Waals surface area contributed by atoms with Gasteiger partial charge in [-0.15, -0.1) is 11.3 Å². The Morgan fingerprint density at radius 3 is 2.42 bits per heavy atom. The number of rotatable bonds is 6. The third-order valence-electron chi connectivity index (χ3n) is 3.07. The standard InChI is InChI=1S/C15H17Cl2NS/c1-2-14(11-3-5-12(16)6-4-11)18-10-9-13-7-8-15(17)19-13/h3-8,14,18H,2,9-10H2,1H3. The van der Waals surface area contributed by atoms with Gasteiger partial charge in [-0.3, -0.25) is 0 Å². The molecule has 0 amide bonds. The SMILES string of the molecule is CCC(NCCc1ccc(Cl)s1)c1ccc(Cl)cc1. The topological polar surface area (TPSA) is 12.0 Å². The molecule has 0 spiro atoms. The number of nitrogens with one attached hydrogen (secondary N) is 1. The van der Waals surface area contributed by atoms with E-state index in [9.17, 15) is 0 Å². The minimum atomic E-state index is 0.382. The molecule has 1 N–H and O–H groups in total. The fourth-order valence-electron chi connectivity index (χ4n) is 2.05. The zero-order valence-electron chi connectivity index (χ0n) is 10.8. The molecule has 1 aromatic carbocycles. The van der Waals surface area contributed by atoms with Crippen LogP contribution in [0.25, 0.3) is 0 Å². The average molecular weight is 314 g/mol. The van der Waals surface area contributed by atoms with Crippen LogP contribution in [0.4, 0.5) is 0 Å². The molecular weight excluding hydrogens is 297 g/mol. The van der Waals surface area contributed by atoms with Crippen molar-refractivity contribution in [1.29, 1.82) is 0 Å². The molecule has 1 nitrogen and oxygen atoms in total. The van der Waals surface area contributed by atoms with E-state index >= 15 is 0 Å². The number of benzene rings is 1. The highest BCUT2D eigenvalue weighted by Gasteiger charge is 2.08. The lowest BCUT2D eigenvalue weighted by molar-refractivity contribution is 0.524. The van der Waals surface area contributed by atoms with Gasteiger partial charge < -0.3 is 5.32 Å². The van der Waals surface area contributed by atoms with Crippen molar-refractivity contribution in [2.75, 3.05) is 6.54 Å². The van der Waals surface area contributed by atoms with Gasteiger partial charge in [0.25, 0.3) is 0 Å². The van der Waals surface area contributed by atoms with Crippen LogP contribution >= 0.6 is 34.5 Å². The maximum atomic E-state index is 5.93. The van der Waals surface area contributed by atoms with Gasteiger partial charge >= 0.3 is 0 Å². The van der Waals surface area contributed by atoms with Crippen molar-refractivity contribution in [3.63, 3.8) is 0 Å². The van der Waals surface area contributed by atoms with Crippen LogP contribution in [0, 0.1) is 0 Å². The zero-order chi connectivity index (χ0) is 13.7. The van der Waals surface area contributed by atoms with Gasteiger partial charge in [0.05, 0.1) is 4.34 Å². The van der Waals surface area contributed by atoms with Crippen LogP contribution in [-0.2, 0) is 6.42 Å². The Balaban J connectivity index is 1.87. The largest absolute Gasteiger partial charge is 0.310 e. The summed E-state index contributed by atoms with van der Waals surface area (Å²) >= 11 is 13.5. The van der Waals surface area contributed by atoms with Gasteiger partial charge in [-0.05, 0) is 42.7 Å². The third-order valence-corrected chi connectivity index (χ3v) is 4.61. The average Bonchev–Trinajstić information content (AvgIpc) is 2.82. The molecule has 0 aliphatic carbocycles. The van der Waals surface area contributed by atoms with Crippen molar-refractivity contribution in [1.82, 2.24) is 5.32 Å². The summed E-state index contributed by atoms with van der Waals surface area (Å²) < 4.78 is 0.861. The molecule has 1 aromatic heterocycles. The third kappa shape index (κ3) is 4.50. The summed E-state index contributed by atoms with van der Waals surface area (Å²) in [6, 6.07) is 12.5. The lowest BCUT2D eigenvalue weighted by Gasteiger charge is -2.17. The Labute approximate surface area is 128 Å². The molecule has 2 aromatic rings. The lowest BCUT2D eigenvalue weighted by atomic mass is 10.0. The molecular formula is C15H17Cl2NS. The summed E-state index contributed by atoms with van der Waals surface area (Å²) in [7, 11) is 0. The van der Waals surface area contributed by atoms with Crippen LogP contribution in [0.2, 0.25) is 9.36 Å². The highest BCUT2D eigenvalue weighted by Crippen LogP contribution is 2.22. The molecule has 1 heterocycles. The highest BCUT2D eigenvalue weighted by atomic mass is 35.5. The second kappa shape index (κ2) is 7.30. The summed E-state index contributed by atoms with van der Waals surface area (Å²) in [5.74, 6) is 0. The van der Waals surface area contributed by atoms with Crippen molar-refractivity contribution >= 4 is 34.5 Å². The van der Waals surface area contributed by atoms with E-state index in [1.54, 1.807) is 11.3 Å². The Morgan fingerprint density at radius 2 is 1.84 bits per heavy atom. The van der Waals surface area contributed by atoms with Gasteiger partial charge in [0.15, 0.2) is 0 Å². The van der Waals surface area contributed by atoms with E-state index in [0.717, 1.165) is 28.7 Å². The van der Waals surface area contributed by atoms with E-state index in [1.165, 1.54) is 10.4 Å². The van der Waals surface area contributed by atoms with Gasteiger partial charge in [-0.25, -0.2) is 0 Å². The van der Waals surface area contributed by atoms with Gasteiger partial charge in [-0.2, -0.15) is 0 Å². The van der Waals surface area contributed by atoms with Crippen LogP contribution in [0.15, 0.2) is 36.4 Å². The fourth-order valence-corrected chi connectivity index (χ4v) is 3.26. The van der Waals surface area contributed by atoms with E-state index < -0.39 is 0 Å². The minimum absolute atomic E-state index is 0.382. The number of halogens is 2. The fraction of sp³-hybridized carbons (Fsp3) is 0.333.